The van der Waals surface area contributed by atoms with E-state index in [0.717, 1.165) is 23.5 Å². The number of fused-ring (bicyclic) bond motifs is 1. The number of hydrogen-bond donors (Lipinski definition) is 0. The average Bonchev–Trinajstić information content (AvgIpc) is 2.83. The van der Waals surface area contributed by atoms with Gasteiger partial charge in [-0.2, -0.15) is 5.10 Å². The molecular weight excluding hydrogens is 318 g/mol. The summed E-state index contributed by atoms with van der Waals surface area (Å²) in [7, 11) is 1.90. The zero-order valence-electron chi connectivity index (χ0n) is 14.5. The van der Waals surface area contributed by atoms with Gasteiger partial charge in [-0.3, -0.25) is 10.0 Å². The molecule has 4 heteroatoms. The molecule has 124 valence electrons. The second kappa shape index (κ2) is 6.40. The van der Waals surface area contributed by atoms with Gasteiger partial charge in [0.05, 0.1) is 28.3 Å². The molecule has 0 saturated heterocycles. The van der Waals surface area contributed by atoms with Gasteiger partial charge in [0.25, 0.3) is 0 Å². The molecule has 3 nitrogen and oxygen atoms in total. The number of para-hydroxylation sites is 1. The Morgan fingerprint density at radius 2 is 1.96 bits per heavy atom. The lowest BCUT2D eigenvalue weighted by Gasteiger charge is -2.21. The van der Waals surface area contributed by atoms with Crippen LogP contribution < -0.4 is 5.01 Å². The lowest BCUT2D eigenvalue weighted by molar-refractivity contribution is 0.744. The monoisotopic (exact) mass is 339 g/mol. The Hall–Kier alpha value is -2.13. The van der Waals surface area contributed by atoms with Crippen molar-refractivity contribution >= 4 is 34.9 Å². The van der Waals surface area contributed by atoms with Crippen LogP contribution >= 0.6 is 11.6 Å². The molecule has 0 radical (unpaired) electrons. The van der Waals surface area contributed by atoms with E-state index in [1.807, 2.05) is 37.5 Å². The van der Waals surface area contributed by atoms with Crippen molar-refractivity contribution < 1.29 is 0 Å². The summed E-state index contributed by atoms with van der Waals surface area (Å²) in [6, 6.07) is 14.3. The summed E-state index contributed by atoms with van der Waals surface area (Å²) in [6.07, 6.45) is 2.81. The zero-order valence-corrected chi connectivity index (χ0v) is 15.3. The Morgan fingerprint density at radius 3 is 2.62 bits per heavy atom. The van der Waals surface area contributed by atoms with Gasteiger partial charge in [0.2, 0.25) is 0 Å². The second-order valence-corrected chi connectivity index (χ2v) is 6.95. The minimum absolute atomic E-state index is 0.142. The van der Waals surface area contributed by atoms with Gasteiger partial charge in [0, 0.05) is 12.5 Å². The molecule has 2 aromatic rings. The van der Waals surface area contributed by atoms with Crippen LogP contribution in [0.3, 0.4) is 0 Å². The van der Waals surface area contributed by atoms with Crippen molar-refractivity contribution in [2.75, 3.05) is 12.1 Å². The van der Waals surface area contributed by atoms with Crippen LogP contribution in [0.4, 0.5) is 11.4 Å². The predicted molar refractivity (Wildman–Crippen MR) is 104 cm³/mol. The summed E-state index contributed by atoms with van der Waals surface area (Å²) in [6.45, 7) is 6.46. The van der Waals surface area contributed by atoms with Gasteiger partial charge in [0.15, 0.2) is 0 Å². The maximum Gasteiger partial charge on any atom is 0.0777 e. The third-order valence-electron chi connectivity index (χ3n) is 4.58. The lowest BCUT2D eigenvalue weighted by Crippen LogP contribution is -2.27. The zero-order chi connectivity index (χ0) is 17.3. The molecule has 24 heavy (non-hydrogen) atoms. The van der Waals surface area contributed by atoms with Crippen LogP contribution in [-0.4, -0.2) is 19.0 Å². The van der Waals surface area contributed by atoms with E-state index in [-0.39, 0.29) is 5.41 Å². The molecule has 0 aromatic heterocycles. The molecule has 0 bridgehead atoms. The quantitative estimate of drug-likeness (QED) is 0.542. The third-order valence-corrected chi connectivity index (χ3v) is 4.88. The van der Waals surface area contributed by atoms with Gasteiger partial charge in [-0.1, -0.05) is 56.6 Å². The first-order valence-corrected chi connectivity index (χ1v) is 8.56. The first kappa shape index (κ1) is 16.7. The van der Waals surface area contributed by atoms with E-state index in [9.17, 15) is 0 Å². The van der Waals surface area contributed by atoms with Gasteiger partial charge >= 0.3 is 0 Å². The molecule has 0 N–H and O–H groups in total. The van der Waals surface area contributed by atoms with Crippen LogP contribution in [0.15, 0.2) is 52.6 Å². The average molecular weight is 340 g/mol. The lowest BCUT2D eigenvalue weighted by atomic mass is 9.82. The van der Waals surface area contributed by atoms with E-state index in [4.69, 9.17) is 16.6 Å². The Balaban J connectivity index is 1.84. The first-order chi connectivity index (χ1) is 11.4. The Morgan fingerprint density at radius 1 is 1.21 bits per heavy atom. The fourth-order valence-electron chi connectivity index (χ4n) is 2.93. The van der Waals surface area contributed by atoms with Crippen molar-refractivity contribution in [3.63, 3.8) is 0 Å². The maximum absolute atomic E-state index is 6.38. The first-order valence-electron chi connectivity index (χ1n) is 8.18. The molecule has 0 amide bonds. The number of hydrazone groups is 1. The number of benzene rings is 2. The number of halogens is 1. The SMILES string of the molecule is CCc1ccc(N(C)/N=C/C2=Nc3ccccc3C2(C)C)c(Cl)c1. The summed E-state index contributed by atoms with van der Waals surface area (Å²) in [4.78, 5) is 4.73. The van der Waals surface area contributed by atoms with Crippen LogP contribution in [0, 0.1) is 0 Å². The summed E-state index contributed by atoms with van der Waals surface area (Å²) in [5.74, 6) is 0. The van der Waals surface area contributed by atoms with Crippen molar-refractivity contribution in [1.82, 2.24) is 0 Å². The molecule has 0 spiro atoms. The minimum Gasteiger partial charge on any atom is -0.267 e. The number of aryl methyl sites for hydroxylation is 1. The molecule has 3 rings (SSSR count). The van der Waals surface area contributed by atoms with E-state index in [1.165, 1.54) is 11.1 Å². The van der Waals surface area contributed by atoms with Gasteiger partial charge in [0.1, 0.15) is 0 Å². The van der Waals surface area contributed by atoms with Gasteiger partial charge in [-0.05, 0) is 35.7 Å². The molecule has 1 aliphatic heterocycles. The predicted octanol–water partition coefficient (Wildman–Crippen LogP) is 5.39. The highest BCUT2D eigenvalue weighted by Crippen LogP contribution is 2.39. The number of nitrogens with zero attached hydrogens (tertiary/aromatic N) is 3. The van der Waals surface area contributed by atoms with Crippen molar-refractivity contribution in [3.05, 3.63) is 58.6 Å². The fourth-order valence-corrected chi connectivity index (χ4v) is 3.26. The van der Waals surface area contributed by atoms with E-state index in [2.05, 4.69) is 44.1 Å². The van der Waals surface area contributed by atoms with Gasteiger partial charge in [-0.15, -0.1) is 0 Å². The minimum atomic E-state index is -0.142. The maximum atomic E-state index is 6.38. The summed E-state index contributed by atoms with van der Waals surface area (Å²) < 4.78 is 0. The second-order valence-electron chi connectivity index (χ2n) is 6.55. The summed E-state index contributed by atoms with van der Waals surface area (Å²) in [5, 5.41) is 7.07. The molecule has 0 aliphatic carbocycles. The van der Waals surface area contributed by atoms with Crippen molar-refractivity contribution in [2.45, 2.75) is 32.6 Å². The molecule has 2 aromatic carbocycles. The van der Waals surface area contributed by atoms with Gasteiger partial charge < -0.3 is 0 Å². The number of rotatable bonds is 4. The largest absolute Gasteiger partial charge is 0.267 e. The highest BCUT2D eigenvalue weighted by atomic mass is 35.5. The van der Waals surface area contributed by atoms with Gasteiger partial charge in [-0.25, -0.2) is 0 Å². The fraction of sp³-hybridized carbons (Fsp3) is 0.300. The van der Waals surface area contributed by atoms with Crippen LogP contribution in [0.25, 0.3) is 0 Å². The standard InChI is InChI=1S/C20H22ClN3/c1-5-14-10-11-18(16(21)12-14)24(4)22-13-19-20(2,3)15-8-6-7-9-17(15)23-19/h6-13H,5H2,1-4H3/b22-13+. The molecule has 1 aliphatic rings. The van der Waals surface area contributed by atoms with Crippen molar-refractivity contribution in [2.24, 2.45) is 10.1 Å². The van der Waals surface area contributed by atoms with Crippen LogP contribution in [-0.2, 0) is 11.8 Å². The van der Waals surface area contributed by atoms with E-state index >= 15 is 0 Å². The van der Waals surface area contributed by atoms with Crippen LogP contribution in [0.5, 0.6) is 0 Å². The highest BCUT2D eigenvalue weighted by Gasteiger charge is 2.33. The topological polar surface area (TPSA) is 28.0 Å². The van der Waals surface area contributed by atoms with Crippen molar-refractivity contribution in [3.8, 4) is 0 Å². The number of anilines is 1. The summed E-state index contributed by atoms with van der Waals surface area (Å²) >= 11 is 6.38. The molecular formula is C20H22ClN3. The van der Waals surface area contributed by atoms with Crippen LogP contribution in [0.2, 0.25) is 5.02 Å². The molecule has 0 unspecified atom stereocenters. The van der Waals surface area contributed by atoms with E-state index in [0.29, 0.717) is 5.02 Å². The van der Waals surface area contributed by atoms with E-state index < -0.39 is 0 Å². The smallest absolute Gasteiger partial charge is 0.0777 e. The third kappa shape index (κ3) is 2.96. The molecule has 1 heterocycles. The molecule has 0 atom stereocenters. The van der Waals surface area contributed by atoms with Crippen LogP contribution in [0.1, 0.15) is 31.9 Å². The Kier molecular flexibility index (Phi) is 4.46. The van der Waals surface area contributed by atoms with E-state index in [1.54, 1.807) is 5.01 Å². The Labute approximate surface area is 148 Å². The van der Waals surface area contributed by atoms with Crippen molar-refractivity contribution in [1.29, 1.82) is 0 Å². The normalized spacial score (nSPS) is 15.5. The molecule has 0 saturated carbocycles. The summed E-state index contributed by atoms with van der Waals surface area (Å²) in [5.41, 5.74) is 5.18. The Bertz CT molecular complexity index is 821. The highest BCUT2D eigenvalue weighted by molar-refractivity contribution is 6.37. The number of aliphatic imine (C=N–C) groups is 1. The number of hydrogen-bond acceptors (Lipinski definition) is 3. The molecule has 0 fully saturated rings.